The molecule has 0 amide bonds. The summed E-state index contributed by atoms with van der Waals surface area (Å²) >= 11 is 1.65. The van der Waals surface area contributed by atoms with Crippen molar-refractivity contribution in [1.82, 2.24) is 0 Å². The molecule has 0 aliphatic carbocycles. The molecule has 0 saturated carbocycles. The summed E-state index contributed by atoms with van der Waals surface area (Å²) in [5.41, 5.74) is -0.148. The van der Waals surface area contributed by atoms with E-state index >= 15 is 0 Å². The predicted molar refractivity (Wildman–Crippen MR) is 67.1 cm³/mol. The van der Waals surface area contributed by atoms with Gasteiger partial charge in [0, 0.05) is 17.9 Å². The molecule has 18 heavy (non-hydrogen) atoms. The van der Waals surface area contributed by atoms with Crippen LogP contribution in [-0.4, -0.2) is 31.0 Å². The molecule has 2 rings (SSSR count). The summed E-state index contributed by atoms with van der Waals surface area (Å²) in [6.45, 7) is 0. The fourth-order valence-electron chi connectivity index (χ4n) is 1.56. The van der Waals surface area contributed by atoms with Crippen molar-refractivity contribution < 1.29 is 17.5 Å². The van der Waals surface area contributed by atoms with Crippen LogP contribution in [0, 0.1) is 10.1 Å². The lowest BCUT2D eigenvalue weighted by Gasteiger charge is -2.10. The van der Waals surface area contributed by atoms with Crippen molar-refractivity contribution in [3.63, 3.8) is 0 Å². The van der Waals surface area contributed by atoms with Gasteiger partial charge in [-0.05, 0) is 24.3 Å². The van der Waals surface area contributed by atoms with Crippen molar-refractivity contribution in [2.24, 2.45) is 0 Å². The number of rotatable bonds is 4. The first-order valence-corrected chi connectivity index (χ1v) is 7.81. The third-order valence-electron chi connectivity index (χ3n) is 2.49. The molecule has 1 aliphatic rings. The summed E-state index contributed by atoms with van der Waals surface area (Å²) in [7, 11) is -3.82. The van der Waals surface area contributed by atoms with Crippen molar-refractivity contribution >= 4 is 27.6 Å². The molecule has 1 heterocycles. The summed E-state index contributed by atoms with van der Waals surface area (Å²) in [5, 5.41) is 10.5. The van der Waals surface area contributed by atoms with Gasteiger partial charge in [-0.15, -0.1) is 0 Å². The average molecular weight is 289 g/mol. The predicted octanol–water partition coefficient (Wildman–Crippen LogP) is 1.81. The van der Waals surface area contributed by atoms with Crippen LogP contribution < -0.4 is 0 Å². The zero-order valence-electron chi connectivity index (χ0n) is 9.31. The van der Waals surface area contributed by atoms with Crippen LogP contribution >= 0.6 is 11.8 Å². The minimum atomic E-state index is -3.82. The second kappa shape index (κ2) is 5.25. The van der Waals surface area contributed by atoms with Gasteiger partial charge >= 0.3 is 0 Å². The van der Waals surface area contributed by atoms with E-state index in [0.717, 1.165) is 17.9 Å². The van der Waals surface area contributed by atoms with Crippen molar-refractivity contribution in [3.05, 3.63) is 34.4 Å². The summed E-state index contributed by atoms with van der Waals surface area (Å²) in [5.74, 6) is 1.55. The second-order valence-electron chi connectivity index (χ2n) is 3.79. The van der Waals surface area contributed by atoms with E-state index in [-0.39, 0.29) is 16.7 Å². The highest BCUT2D eigenvalue weighted by molar-refractivity contribution is 7.99. The molecule has 6 nitrogen and oxygen atoms in total. The summed E-state index contributed by atoms with van der Waals surface area (Å²) < 4.78 is 28.8. The van der Waals surface area contributed by atoms with E-state index in [9.17, 15) is 18.5 Å². The Balaban J connectivity index is 2.16. The lowest BCUT2D eigenvalue weighted by molar-refractivity contribution is -0.384. The van der Waals surface area contributed by atoms with Gasteiger partial charge in [-0.1, -0.05) is 0 Å². The minimum Gasteiger partial charge on any atom is -0.262 e. The molecule has 98 valence electrons. The molecule has 1 aliphatic heterocycles. The van der Waals surface area contributed by atoms with Crippen LogP contribution in [0.25, 0.3) is 0 Å². The van der Waals surface area contributed by atoms with Gasteiger partial charge in [-0.3, -0.25) is 14.3 Å². The highest BCUT2D eigenvalue weighted by Gasteiger charge is 2.25. The smallest absolute Gasteiger partial charge is 0.262 e. The maximum Gasteiger partial charge on any atom is 0.297 e. The number of non-ortho nitro benzene ring substituents is 1. The second-order valence-corrected chi connectivity index (χ2v) is 6.51. The third kappa shape index (κ3) is 3.01. The zero-order chi connectivity index (χ0) is 13.2. The number of nitrogens with zero attached hydrogens (tertiary/aromatic N) is 1. The van der Waals surface area contributed by atoms with Gasteiger partial charge in [0.05, 0.1) is 15.9 Å². The fourth-order valence-corrected chi connectivity index (χ4v) is 3.84. The van der Waals surface area contributed by atoms with E-state index in [1.807, 2.05) is 0 Å². The Morgan fingerprint density at radius 3 is 2.50 bits per heavy atom. The lowest BCUT2D eigenvalue weighted by atomic mass is 10.3. The maximum absolute atomic E-state index is 11.9. The van der Waals surface area contributed by atoms with Gasteiger partial charge < -0.3 is 0 Å². The maximum atomic E-state index is 11.9. The van der Waals surface area contributed by atoms with Crippen LogP contribution in [0.2, 0.25) is 0 Å². The van der Waals surface area contributed by atoms with Crippen LogP contribution in [0.15, 0.2) is 29.2 Å². The van der Waals surface area contributed by atoms with E-state index in [2.05, 4.69) is 0 Å². The molecule has 1 saturated heterocycles. The Labute approximate surface area is 109 Å². The molecule has 1 fully saturated rings. The van der Waals surface area contributed by atoms with E-state index in [1.165, 1.54) is 12.1 Å². The van der Waals surface area contributed by atoms with Crippen LogP contribution in [-0.2, 0) is 14.3 Å². The molecule has 1 atom stereocenters. The van der Waals surface area contributed by atoms with Crippen LogP contribution in [0.5, 0.6) is 0 Å². The topological polar surface area (TPSA) is 86.5 Å². The van der Waals surface area contributed by atoms with Crippen molar-refractivity contribution in [3.8, 4) is 0 Å². The fraction of sp³-hybridized carbons (Fsp3) is 0.400. The minimum absolute atomic E-state index is 0.0509. The average Bonchev–Trinajstić information content (AvgIpc) is 2.81. The van der Waals surface area contributed by atoms with Crippen LogP contribution in [0.4, 0.5) is 5.69 Å². The molecular formula is C10H11NO5S2. The molecule has 0 N–H and O–H groups in total. The standard InChI is InChI=1S/C10H11NO5S2/c12-11(13)8-1-3-10(4-2-8)18(14,15)16-9-5-6-17-7-9/h1-4,9H,5-7H2. The van der Waals surface area contributed by atoms with Crippen LogP contribution in [0.1, 0.15) is 6.42 Å². The largest absolute Gasteiger partial charge is 0.297 e. The molecule has 8 heteroatoms. The normalized spacial score (nSPS) is 19.9. The first-order valence-electron chi connectivity index (χ1n) is 5.24. The molecule has 0 spiro atoms. The summed E-state index contributed by atoms with van der Waals surface area (Å²) in [6.07, 6.45) is 0.409. The zero-order valence-corrected chi connectivity index (χ0v) is 10.9. The summed E-state index contributed by atoms with van der Waals surface area (Å²) in [4.78, 5) is 9.83. The monoisotopic (exact) mass is 289 g/mol. The number of thioether (sulfide) groups is 1. The van der Waals surface area contributed by atoms with Gasteiger partial charge in [0.2, 0.25) is 0 Å². The molecule has 0 radical (unpaired) electrons. The van der Waals surface area contributed by atoms with Gasteiger partial charge in [0.1, 0.15) is 0 Å². The number of nitro groups is 1. The number of benzene rings is 1. The van der Waals surface area contributed by atoms with Gasteiger partial charge in [-0.25, -0.2) is 0 Å². The van der Waals surface area contributed by atoms with E-state index < -0.39 is 15.0 Å². The van der Waals surface area contributed by atoms with E-state index in [4.69, 9.17) is 4.18 Å². The van der Waals surface area contributed by atoms with Crippen molar-refractivity contribution in [2.45, 2.75) is 17.4 Å². The third-order valence-corrected chi connectivity index (χ3v) is 4.99. The lowest BCUT2D eigenvalue weighted by Crippen LogP contribution is -2.17. The Morgan fingerprint density at radius 2 is 2.00 bits per heavy atom. The van der Waals surface area contributed by atoms with Gasteiger partial charge in [0.15, 0.2) is 0 Å². The highest BCUT2D eigenvalue weighted by atomic mass is 32.2. The Kier molecular flexibility index (Phi) is 3.88. The van der Waals surface area contributed by atoms with Crippen LogP contribution in [0.3, 0.4) is 0 Å². The molecule has 0 bridgehead atoms. The Hall–Kier alpha value is -1.12. The van der Waals surface area contributed by atoms with Crippen molar-refractivity contribution in [1.29, 1.82) is 0 Å². The molecule has 0 aromatic heterocycles. The Bertz CT molecular complexity index is 534. The Morgan fingerprint density at radius 1 is 1.33 bits per heavy atom. The SMILES string of the molecule is O=[N+]([O-])c1ccc(S(=O)(=O)OC2CCSC2)cc1. The molecule has 1 aromatic rings. The molecule has 1 aromatic carbocycles. The highest BCUT2D eigenvalue weighted by Crippen LogP contribution is 2.25. The van der Waals surface area contributed by atoms with E-state index in [1.54, 1.807) is 11.8 Å². The number of nitro benzene ring substituents is 1. The van der Waals surface area contributed by atoms with Gasteiger partial charge in [0.25, 0.3) is 15.8 Å². The number of hydrogen-bond acceptors (Lipinski definition) is 6. The molecule has 1 unspecified atom stereocenters. The van der Waals surface area contributed by atoms with Gasteiger partial charge in [-0.2, -0.15) is 20.2 Å². The first-order chi connectivity index (χ1) is 8.49. The molecular weight excluding hydrogens is 278 g/mol. The summed E-state index contributed by atoms with van der Waals surface area (Å²) in [6, 6.07) is 4.68. The van der Waals surface area contributed by atoms with E-state index in [0.29, 0.717) is 12.2 Å². The number of hydrogen-bond donors (Lipinski definition) is 0. The van der Waals surface area contributed by atoms with Crippen molar-refractivity contribution in [2.75, 3.05) is 11.5 Å². The quantitative estimate of drug-likeness (QED) is 0.477. The first kappa shape index (κ1) is 13.3.